The molecule has 1 aromatic carbocycles. The first-order valence-corrected chi connectivity index (χ1v) is 8.54. The van der Waals surface area contributed by atoms with E-state index >= 15 is 0 Å². The Balaban J connectivity index is 1.81. The summed E-state index contributed by atoms with van der Waals surface area (Å²) in [5, 5.41) is 1.07. The summed E-state index contributed by atoms with van der Waals surface area (Å²) in [5.74, 6) is 0. The molecule has 0 N–H and O–H groups in total. The van der Waals surface area contributed by atoms with Gasteiger partial charge in [0, 0.05) is 15.2 Å². The molecule has 0 aromatic heterocycles. The lowest BCUT2D eigenvalue weighted by Crippen LogP contribution is -2.31. The molecule has 1 aliphatic rings. The molecule has 0 radical (unpaired) electrons. The zero-order valence-corrected chi connectivity index (χ0v) is 13.8. The second-order valence-electron chi connectivity index (χ2n) is 5.31. The fourth-order valence-electron chi connectivity index (χ4n) is 2.58. The van der Waals surface area contributed by atoms with Crippen molar-refractivity contribution in [1.29, 1.82) is 0 Å². The van der Waals surface area contributed by atoms with Crippen LogP contribution >= 0.6 is 31.9 Å². The third-order valence-electron chi connectivity index (χ3n) is 3.79. The van der Waals surface area contributed by atoms with Gasteiger partial charge in [-0.2, -0.15) is 0 Å². The Kier molecular flexibility index (Phi) is 5.71. The summed E-state index contributed by atoms with van der Waals surface area (Å²) in [6.07, 6.45) is 6.71. The molecule has 3 heteroatoms. The third kappa shape index (κ3) is 4.07. The molecule has 0 spiro atoms. The highest BCUT2D eigenvalue weighted by molar-refractivity contribution is 9.10. The van der Waals surface area contributed by atoms with Crippen molar-refractivity contribution in [3.63, 3.8) is 0 Å². The van der Waals surface area contributed by atoms with E-state index in [1.165, 1.54) is 37.7 Å². The third-order valence-corrected chi connectivity index (χ3v) is 5.51. The van der Waals surface area contributed by atoms with Crippen LogP contribution in [-0.2, 0) is 11.3 Å². The van der Waals surface area contributed by atoms with E-state index in [1.54, 1.807) is 0 Å². The summed E-state index contributed by atoms with van der Waals surface area (Å²) in [6.45, 7) is 1.61. The SMILES string of the molecule is BrCC1(COCc2ccc(Br)cc2)CCCCC1. The number of ether oxygens (including phenoxy) is 1. The second kappa shape index (κ2) is 7.06. The Labute approximate surface area is 127 Å². The standard InChI is InChI=1S/C15H20Br2O/c16-11-15(8-2-1-3-9-15)12-18-10-13-4-6-14(17)7-5-13/h4-7H,1-3,8-12H2. The van der Waals surface area contributed by atoms with Crippen molar-refractivity contribution in [2.24, 2.45) is 5.41 Å². The highest BCUT2D eigenvalue weighted by atomic mass is 79.9. The molecule has 0 unspecified atom stereocenters. The minimum atomic E-state index is 0.383. The molecule has 1 nitrogen and oxygen atoms in total. The van der Waals surface area contributed by atoms with E-state index in [1.807, 2.05) is 0 Å². The first kappa shape index (κ1) is 14.5. The van der Waals surface area contributed by atoms with Crippen molar-refractivity contribution in [3.8, 4) is 0 Å². The van der Waals surface area contributed by atoms with Crippen molar-refractivity contribution in [2.75, 3.05) is 11.9 Å². The average molecular weight is 376 g/mol. The monoisotopic (exact) mass is 374 g/mol. The van der Waals surface area contributed by atoms with E-state index in [9.17, 15) is 0 Å². The average Bonchev–Trinajstić information content (AvgIpc) is 2.42. The molecule has 1 aliphatic carbocycles. The van der Waals surface area contributed by atoms with Gasteiger partial charge in [0.25, 0.3) is 0 Å². The number of rotatable bonds is 5. The van der Waals surface area contributed by atoms with Crippen LogP contribution in [0.3, 0.4) is 0 Å². The van der Waals surface area contributed by atoms with Crippen molar-refractivity contribution in [3.05, 3.63) is 34.3 Å². The maximum Gasteiger partial charge on any atom is 0.0717 e. The smallest absolute Gasteiger partial charge is 0.0717 e. The Hall–Kier alpha value is 0.140. The summed E-state index contributed by atoms with van der Waals surface area (Å²) in [7, 11) is 0. The number of hydrogen-bond acceptors (Lipinski definition) is 1. The molecule has 0 bridgehead atoms. The fraction of sp³-hybridized carbons (Fsp3) is 0.600. The minimum Gasteiger partial charge on any atom is -0.376 e. The molecular formula is C15H20Br2O. The van der Waals surface area contributed by atoms with E-state index in [4.69, 9.17) is 4.74 Å². The number of alkyl halides is 1. The summed E-state index contributed by atoms with van der Waals surface area (Å²) in [5.41, 5.74) is 1.63. The van der Waals surface area contributed by atoms with E-state index in [2.05, 4.69) is 56.1 Å². The van der Waals surface area contributed by atoms with Crippen molar-refractivity contribution in [2.45, 2.75) is 38.7 Å². The number of benzene rings is 1. The van der Waals surface area contributed by atoms with Gasteiger partial charge in [0.2, 0.25) is 0 Å². The Morgan fingerprint density at radius 3 is 2.33 bits per heavy atom. The number of halogens is 2. The fourth-order valence-corrected chi connectivity index (χ4v) is 3.57. The molecular weight excluding hydrogens is 356 g/mol. The largest absolute Gasteiger partial charge is 0.376 e. The van der Waals surface area contributed by atoms with Crippen molar-refractivity contribution in [1.82, 2.24) is 0 Å². The minimum absolute atomic E-state index is 0.383. The van der Waals surface area contributed by atoms with Gasteiger partial charge in [-0.15, -0.1) is 0 Å². The maximum absolute atomic E-state index is 5.95. The summed E-state index contributed by atoms with van der Waals surface area (Å²) < 4.78 is 7.07. The maximum atomic E-state index is 5.95. The van der Waals surface area contributed by atoms with Gasteiger partial charge in [-0.25, -0.2) is 0 Å². The molecule has 2 rings (SSSR count). The predicted octanol–water partition coefficient (Wildman–Crippen LogP) is 5.31. The van der Waals surface area contributed by atoms with Gasteiger partial charge in [0.05, 0.1) is 13.2 Å². The van der Waals surface area contributed by atoms with Gasteiger partial charge in [-0.05, 0) is 30.5 Å². The highest BCUT2D eigenvalue weighted by Crippen LogP contribution is 2.38. The topological polar surface area (TPSA) is 9.23 Å². The molecule has 0 atom stereocenters. The number of hydrogen-bond donors (Lipinski definition) is 0. The molecule has 100 valence electrons. The molecule has 0 aliphatic heterocycles. The molecule has 0 saturated heterocycles. The van der Waals surface area contributed by atoms with Crippen molar-refractivity contribution >= 4 is 31.9 Å². The Morgan fingerprint density at radius 1 is 1.06 bits per heavy atom. The Morgan fingerprint density at radius 2 is 1.72 bits per heavy atom. The lowest BCUT2D eigenvalue weighted by molar-refractivity contribution is 0.0256. The van der Waals surface area contributed by atoms with Crippen LogP contribution in [0.1, 0.15) is 37.7 Å². The first-order valence-electron chi connectivity index (χ1n) is 6.62. The van der Waals surface area contributed by atoms with Gasteiger partial charge >= 0.3 is 0 Å². The van der Waals surface area contributed by atoms with Crippen LogP contribution in [-0.4, -0.2) is 11.9 Å². The van der Waals surface area contributed by atoms with Crippen LogP contribution < -0.4 is 0 Å². The van der Waals surface area contributed by atoms with Crippen LogP contribution in [0.25, 0.3) is 0 Å². The van der Waals surface area contributed by atoms with E-state index in [0.717, 1.165) is 23.0 Å². The van der Waals surface area contributed by atoms with Crippen LogP contribution in [0, 0.1) is 5.41 Å². The van der Waals surface area contributed by atoms with Gasteiger partial charge in [0.1, 0.15) is 0 Å². The Bertz CT molecular complexity index is 355. The van der Waals surface area contributed by atoms with Gasteiger partial charge < -0.3 is 4.74 Å². The van der Waals surface area contributed by atoms with Gasteiger partial charge in [-0.3, -0.25) is 0 Å². The zero-order valence-electron chi connectivity index (χ0n) is 10.6. The van der Waals surface area contributed by atoms with Crippen molar-refractivity contribution < 1.29 is 4.74 Å². The molecule has 1 saturated carbocycles. The quantitative estimate of drug-likeness (QED) is 0.633. The highest BCUT2D eigenvalue weighted by Gasteiger charge is 2.31. The first-order chi connectivity index (χ1) is 8.74. The predicted molar refractivity (Wildman–Crippen MR) is 83.1 cm³/mol. The normalized spacial score (nSPS) is 18.8. The molecule has 0 amide bonds. The molecule has 1 fully saturated rings. The van der Waals surface area contributed by atoms with Crippen LogP contribution in [0.5, 0.6) is 0 Å². The van der Waals surface area contributed by atoms with Crippen LogP contribution in [0.2, 0.25) is 0 Å². The lowest BCUT2D eigenvalue weighted by atomic mass is 9.76. The van der Waals surface area contributed by atoms with E-state index in [0.29, 0.717) is 5.41 Å². The van der Waals surface area contributed by atoms with E-state index in [-0.39, 0.29) is 0 Å². The summed E-state index contributed by atoms with van der Waals surface area (Å²) in [6, 6.07) is 8.37. The van der Waals surface area contributed by atoms with Gasteiger partial charge in [0.15, 0.2) is 0 Å². The van der Waals surface area contributed by atoms with Crippen LogP contribution in [0.15, 0.2) is 28.7 Å². The molecule has 0 heterocycles. The zero-order chi connectivity index (χ0) is 12.8. The molecule has 18 heavy (non-hydrogen) atoms. The summed E-state index contributed by atoms with van der Waals surface area (Å²) >= 11 is 7.13. The van der Waals surface area contributed by atoms with E-state index < -0.39 is 0 Å². The lowest BCUT2D eigenvalue weighted by Gasteiger charge is -2.35. The van der Waals surface area contributed by atoms with Crippen LogP contribution in [0.4, 0.5) is 0 Å². The second-order valence-corrected chi connectivity index (χ2v) is 6.79. The summed E-state index contributed by atoms with van der Waals surface area (Å²) in [4.78, 5) is 0. The molecule has 1 aromatic rings. The van der Waals surface area contributed by atoms with Gasteiger partial charge in [-0.1, -0.05) is 63.3 Å².